The van der Waals surface area contributed by atoms with Gasteiger partial charge in [-0.3, -0.25) is 24.0 Å². The molecule has 1 aromatic carbocycles. The third-order valence-corrected chi connectivity index (χ3v) is 5.80. The molecule has 0 saturated heterocycles. The molecule has 0 fully saturated rings. The molecule has 12 nitrogen and oxygen atoms in total. The number of H-pyrrole nitrogens is 1. The number of ether oxygens (including phenoxy) is 1. The normalized spacial score (nSPS) is 18.1. The minimum absolute atomic E-state index is 0.000672. The Morgan fingerprint density at radius 1 is 1.11 bits per heavy atom. The second kappa shape index (κ2) is 13.8. The van der Waals surface area contributed by atoms with Crippen LogP contribution in [0.1, 0.15) is 46.5 Å². The molecule has 2 heterocycles. The summed E-state index contributed by atoms with van der Waals surface area (Å²) in [5, 5.41) is 7.88. The quantitative estimate of drug-likeness (QED) is 0.374. The van der Waals surface area contributed by atoms with Crippen LogP contribution in [0.5, 0.6) is 5.75 Å². The average molecular weight is 531 g/mol. The van der Waals surface area contributed by atoms with Crippen molar-refractivity contribution in [2.75, 3.05) is 32.8 Å². The Kier molecular flexibility index (Phi) is 10.2. The van der Waals surface area contributed by atoms with Crippen LogP contribution < -0.4 is 26.4 Å². The lowest BCUT2D eigenvalue weighted by Gasteiger charge is -2.24. The van der Waals surface area contributed by atoms with E-state index < -0.39 is 29.6 Å². The zero-order valence-electron chi connectivity index (χ0n) is 20.8. The van der Waals surface area contributed by atoms with E-state index in [4.69, 9.17) is 10.5 Å². The number of nitrogens with one attached hydrogen (secondary N) is 4. The van der Waals surface area contributed by atoms with Gasteiger partial charge in [0.05, 0.1) is 12.1 Å². The third kappa shape index (κ3) is 8.32. The Morgan fingerprint density at radius 3 is 2.66 bits per heavy atom. The van der Waals surface area contributed by atoms with E-state index in [2.05, 4.69) is 20.9 Å². The summed E-state index contributed by atoms with van der Waals surface area (Å²) in [7, 11) is 0. The SMILES string of the molecule is NC(=O)CC[C@@H]1NC(=O)c2cc(F)ccc2OCCNC(=O)CCCN(C(=O)c2ccc[nH]2)CCNC1=O. The average Bonchev–Trinajstić information content (AvgIpc) is 3.42. The molecule has 0 bridgehead atoms. The number of benzene rings is 1. The number of aromatic amines is 1. The van der Waals surface area contributed by atoms with E-state index in [-0.39, 0.29) is 75.2 Å². The van der Waals surface area contributed by atoms with E-state index in [1.54, 1.807) is 18.3 Å². The topological polar surface area (TPSA) is 176 Å². The molecule has 1 aromatic heterocycles. The highest BCUT2D eigenvalue weighted by molar-refractivity contribution is 6.00. The van der Waals surface area contributed by atoms with Gasteiger partial charge < -0.3 is 36.3 Å². The molecular formula is C25H31FN6O6. The number of nitrogens with zero attached hydrogens (tertiary/aromatic N) is 1. The predicted molar refractivity (Wildman–Crippen MR) is 134 cm³/mol. The first kappa shape index (κ1) is 28.2. The van der Waals surface area contributed by atoms with Gasteiger partial charge >= 0.3 is 0 Å². The zero-order valence-corrected chi connectivity index (χ0v) is 20.8. The van der Waals surface area contributed by atoms with Gasteiger partial charge in [-0.1, -0.05) is 0 Å². The molecule has 0 aliphatic carbocycles. The molecule has 0 spiro atoms. The molecule has 204 valence electrons. The highest BCUT2D eigenvalue weighted by Gasteiger charge is 2.25. The molecule has 13 heteroatoms. The van der Waals surface area contributed by atoms with E-state index >= 15 is 0 Å². The van der Waals surface area contributed by atoms with Crippen molar-refractivity contribution in [1.82, 2.24) is 25.8 Å². The number of amides is 5. The van der Waals surface area contributed by atoms with Crippen LogP contribution in [-0.4, -0.2) is 78.2 Å². The summed E-state index contributed by atoms with van der Waals surface area (Å²) < 4.78 is 19.5. The maximum Gasteiger partial charge on any atom is 0.270 e. The monoisotopic (exact) mass is 530 g/mol. The van der Waals surface area contributed by atoms with Gasteiger partial charge in [0.15, 0.2) is 0 Å². The van der Waals surface area contributed by atoms with Crippen molar-refractivity contribution < 1.29 is 33.1 Å². The molecule has 1 aliphatic heterocycles. The maximum atomic E-state index is 13.9. The van der Waals surface area contributed by atoms with Crippen molar-refractivity contribution in [2.45, 2.75) is 31.7 Å². The van der Waals surface area contributed by atoms with Gasteiger partial charge in [0.2, 0.25) is 17.7 Å². The number of halogens is 1. The van der Waals surface area contributed by atoms with Gasteiger partial charge in [-0.15, -0.1) is 0 Å². The Bertz CT molecular complexity index is 1160. The Balaban J connectivity index is 1.81. The molecule has 0 saturated carbocycles. The minimum Gasteiger partial charge on any atom is -0.491 e. The van der Waals surface area contributed by atoms with E-state index in [1.807, 2.05) is 0 Å². The van der Waals surface area contributed by atoms with Gasteiger partial charge in [-0.05, 0) is 43.2 Å². The fraction of sp³-hybridized carbons (Fsp3) is 0.400. The van der Waals surface area contributed by atoms with Crippen LogP contribution >= 0.6 is 0 Å². The van der Waals surface area contributed by atoms with Crippen molar-refractivity contribution >= 4 is 29.5 Å². The van der Waals surface area contributed by atoms with Crippen molar-refractivity contribution in [1.29, 1.82) is 0 Å². The molecule has 6 N–H and O–H groups in total. The number of primary amides is 1. The Hall–Kier alpha value is -4.42. The van der Waals surface area contributed by atoms with Crippen molar-refractivity contribution in [2.24, 2.45) is 5.73 Å². The zero-order chi connectivity index (χ0) is 27.5. The summed E-state index contributed by atoms with van der Waals surface area (Å²) in [6.45, 7) is 0.559. The number of hydrogen-bond donors (Lipinski definition) is 5. The van der Waals surface area contributed by atoms with E-state index in [0.29, 0.717) is 12.1 Å². The van der Waals surface area contributed by atoms with Crippen LogP contribution in [0.2, 0.25) is 0 Å². The number of fused-ring (bicyclic) bond motifs is 1. The lowest BCUT2D eigenvalue weighted by Crippen LogP contribution is -2.49. The van der Waals surface area contributed by atoms with Crippen molar-refractivity contribution in [3.63, 3.8) is 0 Å². The second-order valence-corrected chi connectivity index (χ2v) is 8.64. The number of rotatable bonds is 4. The highest BCUT2D eigenvalue weighted by atomic mass is 19.1. The van der Waals surface area contributed by atoms with Crippen LogP contribution in [-0.2, 0) is 14.4 Å². The van der Waals surface area contributed by atoms with Crippen LogP contribution in [0.4, 0.5) is 4.39 Å². The van der Waals surface area contributed by atoms with Gasteiger partial charge in [0.1, 0.15) is 29.9 Å². The van der Waals surface area contributed by atoms with E-state index in [0.717, 1.165) is 12.1 Å². The van der Waals surface area contributed by atoms with Crippen LogP contribution in [0.25, 0.3) is 0 Å². The molecule has 1 atom stereocenters. The predicted octanol–water partition coefficient (Wildman–Crippen LogP) is 0.0651. The first-order chi connectivity index (χ1) is 18.2. The van der Waals surface area contributed by atoms with Gasteiger partial charge in [-0.2, -0.15) is 0 Å². The molecular weight excluding hydrogens is 499 g/mol. The standard InChI is InChI=1S/C25H31FN6O6/c26-16-5-7-20-17(15-16)23(35)31-18(6-8-21(27)33)24(36)30-10-13-32(25(37)19-3-1-9-28-19)12-2-4-22(34)29-11-14-38-20/h1,3,5,7,9,15,18,28H,2,4,6,8,10-14H2,(H2,27,33)(H,29,34)(H,30,36)(H,31,35)/t18-/m0/s1. The number of hydrogen-bond acceptors (Lipinski definition) is 6. The highest BCUT2D eigenvalue weighted by Crippen LogP contribution is 2.20. The minimum atomic E-state index is -1.16. The van der Waals surface area contributed by atoms with Crippen molar-refractivity contribution in [3.8, 4) is 5.75 Å². The van der Waals surface area contributed by atoms with Crippen molar-refractivity contribution in [3.05, 3.63) is 53.6 Å². The second-order valence-electron chi connectivity index (χ2n) is 8.64. The maximum absolute atomic E-state index is 13.9. The smallest absolute Gasteiger partial charge is 0.270 e. The molecule has 1 aliphatic rings. The lowest BCUT2D eigenvalue weighted by molar-refractivity contribution is -0.123. The number of nitrogens with two attached hydrogens (primary N) is 1. The summed E-state index contributed by atoms with van der Waals surface area (Å²) in [5.74, 6) is -3.24. The van der Waals surface area contributed by atoms with E-state index in [1.165, 1.54) is 11.0 Å². The van der Waals surface area contributed by atoms with Gasteiger partial charge in [0, 0.05) is 38.7 Å². The molecule has 38 heavy (non-hydrogen) atoms. The van der Waals surface area contributed by atoms with Gasteiger partial charge in [0.25, 0.3) is 11.8 Å². The molecule has 0 unspecified atom stereocenters. The lowest BCUT2D eigenvalue weighted by atomic mass is 10.1. The molecule has 2 aromatic rings. The number of carbonyl (C=O) groups is 5. The van der Waals surface area contributed by atoms with Crippen LogP contribution in [0.3, 0.4) is 0 Å². The summed E-state index contributed by atoms with van der Waals surface area (Å²) >= 11 is 0. The van der Waals surface area contributed by atoms with E-state index in [9.17, 15) is 28.4 Å². The summed E-state index contributed by atoms with van der Waals surface area (Å²) in [4.78, 5) is 66.8. The number of aromatic nitrogens is 1. The molecule has 3 rings (SSSR count). The number of carbonyl (C=O) groups excluding carboxylic acids is 5. The summed E-state index contributed by atoms with van der Waals surface area (Å²) in [5.41, 5.74) is 5.44. The van der Waals surface area contributed by atoms with Gasteiger partial charge in [-0.25, -0.2) is 4.39 Å². The largest absolute Gasteiger partial charge is 0.491 e. The fourth-order valence-electron chi connectivity index (χ4n) is 3.85. The Labute approximate surface area is 218 Å². The third-order valence-electron chi connectivity index (χ3n) is 5.80. The fourth-order valence-corrected chi connectivity index (χ4v) is 3.85. The van der Waals surface area contributed by atoms with Crippen LogP contribution in [0.15, 0.2) is 36.5 Å². The summed E-state index contributed by atoms with van der Waals surface area (Å²) in [6, 6.07) is 5.51. The molecule has 5 amide bonds. The summed E-state index contributed by atoms with van der Waals surface area (Å²) in [6.07, 6.45) is 1.88. The first-order valence-corrected chi connectivity index (χ1v) is 12.2. The Morgan fingerprint density at radius 2 is 1.92 bits per heavy atom. The van der Waals surface area contributed by atoms with Crippen LogP contribution in [0, 0.1) is 5.82 Å². The first-order valence-electron chi connectivity index (χ1n) is 12.2. The molecule has 0 radical (unpaired) electrons.